The first-order valence-electron chi connectivity index (χ1n) is 5.98. The van der Waals surface area contributed by atoms with Crippen LogP contribution in [0.3, 0.4) is 0 Å². The monoisotopic (exact) mass is 262 g/mol. The zero-order valence-corrected chi connectivity index (χ0v) is 12.7. The number of nitrogens with one attached hydrogen (secondary N) is 1. The van der Waals surface area contributed by atoms with E-state index in [1.807, 2.05) is 13.8 Å². The van der Waals surface area contributed by atoms with Crippen molar-refractivity contribution in [1.82, 2.24) is 10.4 Å². The minimum atomic E-state index is -0.695. The lowest BCUT2D eigenvalue weighted by molar-refractivity contribution is -0.170. The molecule has 0 fully saturated rings. The van der Waals surface area contributed by atoms with Crippen molar-refractivity contribution < 1.29 is 19.2 Å². The molecule has 1 atom stereocenters. The van der Waals surface area contributed by atoms with Crippen LogP contribution in [0.4, 0.5) is 4.79 Å². The zero-order valence-electron chi connectivity index (χ0n) is 12.7. The number of hydrogen-bond donors (Lipinski definition) is 1. The van der Waals surface area contributed by atoms with Gasteiger partial charge in [-0.25, -0.2) is 9.86 Å². The van der Waals surface area contributed by atoms with E-state index in [0.29, 0.717) is 0 Å². The molecule has 0 spiro atoms. The van der Waals surface area contributed by atoms with Crippen molar-refractivity contribution in [3.05, 3.63) is 0 Å². The number of amides is 2. The average molecular weight is 262 g/mol. The molecule has 0 aromatic heterocycles. The van der Waals surface area contributed by atoms with Gasteiger partial charge in [-0.3, -0.25) is 9.63 Å². The molecule has 0 aliphatic carbocycles. The summed E-state index contributed by atoms with van der Waals surface area (Å²) < 4.78 is 5.01. The number of carbonyl (C=O) groups is 2. The van der Waals surface area contributed by atoms with Gasteiger partial charge in [0.1, 0.15) is 11.6 Å². The maximum Gasteiger partial charge on any atom is 0.408 e. The molecule has 0 aliphatic rings. The maximum atomic E-state index is 11.5. The van der Waals surface area contributed by atoms with E-state index in [1.54, 1.807) is 27.7 Å². The molecule has 0 aromatic rings. The van der Waals surface area contributed by atoms with E-state index in [-0.39, 0.29) is 5.91 Å². The molecular formula is C12H26N2O4. The van der Waals surface area contributed by atoms with Gasteiger partial charge in [-0.05, 0) is 27.7 Å². The van der Waals surface area contributed by atoms with Gasteiger partial charge in [-0.15, -0.1) is 0 Å². The molecule has 0 saturated carbocycles. The molecule has 2 amide bonds. The Balaban J connectivity index is 0. The summed E-state index contributed by atoms with van der Waals surface area (Å²) in [4.78, 5) is 27.6. The summed E-state index contributed by atoms with van der Waals surface area (Å²) in [6.07, 6.45) is -0.627. The molecule has 108 valence electrons. The van der Waals surface area contributed by atoms with E-state index in [4.69, 9.17) is 9.57 Å². The molecule has 0 aromatic carbocycles. The molecule has 0 saturated heterocycles. The first-order chi connectivity index (χ1) is 8.17. The Labute approximate surface area is 110 Å². The van der Waals surface area contributed by atoms with Gasteiger partial charge in [0.05, 0.1) is 7.11 Å². The predicted molar refractivity (Wildman–Crippen MR) is 70.0 cm³/mol. The van der Waals surface area contributed by atoms with Crippen LogP contribution < -0.4 is 5.32 Å². The van der Waals surface area contributed by atoms with Crippen molar-refractivity contribution in [3.63, 3.8) is 0 Å². The molecule has 1 N–H and O–H groups in total. The van der Waals surface area contributed by atoms with Crippen LogP contribution in [0, 0.1) is 0 Å². The minimum Gasteiger partial charge on any atom is -0.444 e. The van der Waals surface area contributed by atoms with Gasteiger partial charge in [-0.1, -0.05) is 13.8 Å². The van der Waals surface area contributed by atoms with Gasteiger partial charge < -0.3 is 10.1 Å². The fourth-order valence-electron chi connectivity index (χ4n) is 0.909. The van der Waals surface area contributed by atoms with E-state index in [2.05, 4.69) is 5.32 Å². The molecule has 1 unspecified atom stereocenters. The SMILES string of the molecule is CC.CON(C)C(=O)C(C)NC(=O)OC(C)(C)C. The summed E-state index contributed by atoms with van der Waals surface area (Å²) in [5, 5.41) is 3.46. The number of rotatable bonds is 3. The van der Waals surface area contributed by atoms with Gasteiger partial charge in [0.25, 0.3) is 5.91 Å². The van der Waals surface area contributed by atoms with Crippen LogP contribution in [0.25, 0.3) is 0 Å². The Morgan fingerprint density at radius 1 is 1.22 bits per heavy atom. The standard InChI is InChI=1S/C10H20N2O4.C2H6/c1-7(8(13)12(5)15-6)11-9(14)16-10(2,3)4;1-2/h7H,1-6H3,(H,11,14);1-2H3. The summed E-state index contributed by atoms with van der Waals surface area (Å²) in [6, 6.07) is -0.695. The largest absolute Gasteiger partial charge is 0.444 e. The first-order valence-corrected chi connectivity index (χ1v) is 5.98. The Hall–Kier alpha value is -1.30. The predicted octanol–water partition coefficient (Wildman–Crippen LogP) is 1.95. The van der Waals surface area contributed by atoms with E-state index in [9.17, 15) is 9.59 Å². The Morgan fingerprint density at radius 2 is 1.67 bits per heavy atom. The summed E-state index contributed by atoms with van der Waals surface area (Å²) in [7, 11) is 2.84. The highest BCUT2D eigenvalue weighted by atomic mass is 16.7. The highest BCUT2D eigenvalue weighted by molar-refractivity contribution is 5.84. The number of likely N-dealkylation sites (N-methyl/N-ethyl adjacent to an activating group) is 1. The fraction of sp³-hybridized carbons (Fsp3) is 0.833. The van der Waals surface area contributed by atoms with E-state index in [0.717, 1.165) is 5.06 Å². The molecule has 0 aliphatic heterocycles. The van der Waals surface area contributed by atoms with Gasteiger partial charge in [0.15, 0.2) is 0 Å². The smallest absolute Gasteiger partial charge is 0.408 e. The molecule has 0 bridgehead atoms. The molecule has 18 heavy (non-hydrogen) atoms. The van der Waals surface area contributed by atoms with E-state index >= 15 is 0 Å². The van der Waals surface area contributed by atoms with Crippen LogP contribution in [0.15, 0.2) is 0 Å². The van der Waals surface area contributed by atoms with Crippen LogP contribution in [0.5, 0.6) is 0 Å². The second-order valence-electron chi connectivity index (χ2n) is 4.39. The van der Waals surface area contributed by atoms with Crippen molar-refractivity contribution in [1.29, 1.82) is 0 Å². The third-order valence-corrected chi connectivity index (χ3v) is 1.69. The first kappa shape index (κ1) is 19.0. The van der Waals surface area contributed by atoms with Crippen LogP contribution in [-0.2, 0) is 14.4 Å². The van der Waals surface area contributed by atoms with E-state index < -0.39 is 17.7 Å². The summed E-state index contributed by atoms with van der Waals surface area (Å²) in [5.41, 5.74) is -0.583. The van der Waals surface area contributed by atoms with Crippen LogP contribution in [0.1, 0.15) is 41.5 Å². The molecule has 0 rings (SSSR count). The van der Waals surface area contributed by atoms with Crippen molar-refractivity contribution in [3.8, 4) is 0 Å². The molecular weight excluding hydrogens is 236 g/mol. The highest BCUT2D eigenvalue weighted by Gasteiger charge is 2.22. The molecule has 6 nitrogen and oxygen atoms in total. The lowest BCUT2D eigenvalue weighted by atomic mass is 10.2. The third-order valence-electron chi connectivity index (χ3n) is 1.69. The lowest BCUT2D eigenvalue weighted by Crippen LogP contribution is -2.46. The maximum absolute atomic E-state index is 11.5. The van der Waals surface area contributed by atoms with Crippen LogP contribution in [0.2, 0.25) is 0 Å². The highest BCUT2D eigenvalue weighted by Crippen LogP contribution is 2.06. The van der Waals surface area contributed by atoms with Gasteiger partial charge in [-0.2, -0.15) is 0 Å². The van der Waals surface area contributed by atoms with Crippen molar-refractivity contribution in [2.75, 3.05) is 14.2 Å². The van der Waals surface area contributed by atoms with Crippen molar-refractivity contribution in [2.24, 2.45) is 0 Å². The van der Waals surface area contributed by atoms with E-state index in [1.165, 1.54) is 14.2 Å². The second-order valence-corrected chi connectivity index (χ2v) is 4.39. The zero-order chi connectivity index (χ0) is 14.9. The van der Waals surface area contributed by atoms with Gasteiger partial charge in [0.2, 0.25) is 0 Å². The summed E-state index contributed by atoms with van der Waals surface area (Å²) in [6.45, 7) is 10.8. The minimum absolute atomic E-state index is 0.353. The quantitative estimate of drug-likeness (QED) is 0.789. The van der Waals surface area contributed by atoms with Crippen molar-refractivity contribution in [2.45, 2.75) is 53.2 Å². The Bertz CT molecular complexity index is 261. The summed E-state index contributed by atoms with van der Waals surface area (Å²) in [5.74, 6) is -0.353. The third kappa shape index (κ3) is 8.81. The second kappa shape index (κ2) is 8.74. The molecule has 0 radical (unpaired) electrons. The normalized spacial score (nSPS) is 11.8. The molecule has 6 heteroatoms. The Morgan fingerprint density at radius 3 is 2.00 bits per heavy atom. The lowest BCUT2D eigenvalue weighted by Gasteiger charge is -2.23. The summed E-state index contributed by atoms with van der Waals surface area (Å²) >= 11 is 0. The van der Waals surface area contributed by atoms with Gasteiger partial charge in [0, 0.05) is 7.05 Å². The van der Waals surface area contributed by atoms with Gasteiger partial charge >= 0.3 is 6.09 Å². The molecule has 0 heterocycles. The number of alkyl carbamates (subject to hydrolysis) is 1. The fourth-order valence-corrected chi connectivity index (χ4v) is 0.909. The Kier molecular flexibility index (Phi) is 9.25. The van der Waals surface area contributed by atoms with Crippen molar-refractivity contribution >= 4 is 12.0 Å². The van der Waals surface area contributed by atoms with Crippen LogP contribution >= 0.6 is 0 Å². The topological polar surface area (TPSA) is 67.9 Å². The number of nitrogens with zero attached hydrogens (tertiary/aromatic N) is 1. The average Bonchev–Trinajstić information content (AvgIpc) is 2.26. The number of hydroxylamine groups is 2. The van der Waals surface area contributed by atoms with Crippen LogP contribution in [-0.4, -0.2) is 42.9 Å². The number of carbonyl (C=O) groups excluding carboxylic acids is 2. The number of ether oxygens (including phenoxy) is 1. The number of hydrogen-bond acceptors (Lipinski definition) is 4.